The van der Waals surface area contributed by atoms with Crippen LogP contribution < -0.4 is 9.47 Å². The van der Waals surface area contributed by atoms with Gasteiger partial charge in [0, 0.05) is 61.3 Å². The monoisotopic (exact) mass is 571 g/mol. The molecule has 2 aromatic rings. The van der Waals surface area contributed by atoms with E-state index in [1.54, 1.807) is 26.4 Å². The molecule has 2 heterocycles. The summed E-state index contributed by atoms with van der Waals surface area (Å²) in [4.78, 5) is 20.6. The van der Waals surface area contributed by atoms with Crippen LogP contribution in [-0.2, 0) is 16.6 Å². The number of piperazine rings is 1. The Kier molecular flexibility index (Phi) is 9.54. The smallest absolute Gasteiger partial charge is 0.227 e. The van der Waals surface area contributed by atoms with Crippen molar-refractivity contribution in [3.05, 3.63) is 58.4 Å². The van der Waals surface area contributed by atoms with Crippen molar-refractivity contribution in [1.29, 1.82) is 0 Å². The molecule has 0 bridgehead atoms. The Balaban J connectivity index is 1.29. The molecule has 40 heavy (non-hydrogen) atoms. The van der Waals surface area contributed by atoms with Crippen molar-refractivity contribution in [3.8, 4) is 11.5 Å². The molecule has 2 saturated heterocycles. The Morgan fingerprint density at radius 3 is 2.45 bits per heavy atom. The minimum Gasteiger partial charge on any atom is -0.493 e. The first-order valence-corrected chi connectivity index (χ1v) is 15.2. The number of carbonyl (C=O) groups excluding carboxylic acids is 1. The van der Waals surface area contributed by atoms with Crippen molar-refractivity contribution in [1.82, 2.24) is 14.7 Å². The van der Waals surface area contributed by atoms with Gasteiger partial charge in [-0.3, -0.25) is 9.69 Å². The summed E-state index contributed by atoms with van der Waals surface area (Å²) in [5, 5.41) is 0.297. The minimum absolute atomic E-state index is 0.0311. The summed E-state index contributed by atoms with van der Waals surface area (Å²) in [6, 6.07) is 11.5. The summed E-state index contributed by atoms with van der Waals surface area (Å²) >= 11 is 6.24. The summed E-state index contributed by atoms with van der Waals surface area (Å²) < 4.78 is 25.6. The van der Waals surface area contributed by atoms with Crippen molar-refractivity contribution in [3.63, 3.8) is 0 Å². The highest BCUT2D eigenvalue weighted by atomic mass is 35.5. The summed E-state index contributed by atoms with van der Waals surface area (Å²) in [5.74, 6) is 0.873. The van der Waals surface area contributed by atoms with Crippen LogP contribution in [0.25, 0.3) is 0 Å². The van der Waals surface area contributed by atoms with Crippen LogP contribution >= 0.6 is 11.6 Å². The van der Waals surface area contributed by atoms with Crippen LogP contribution in [0.1, 0.15) is 56.1 Å². The number of hydrogen-bond acceptors (Lipinski definition) is 5. The van der Waals surface area contributed by atoms with Gasteiger partial charge in [0.1, 0.15) is 5.82 Å². The second-order valence-electron chi connectivity index (χ2n) is 11.7. The molecule has 0 spiro atoms. The van der Waals surface area contributed by atoms with Crippen LogP contribution in [0.5, 0.6) is 11.5 Å². The lowest BCUT2D eigenvalue weighted by Gasteiger charge is -2.42. The van der Waals surface area contributed by atoms with Gasteiger partial charge < -0.3 is 19.3 Å². The number of nitrogens with zero attached hydrogens (tertiary/aromatic N) is 3. The summed E-state index contributed by atoms with van der Waals surface area (Å²) in [7, 11) is 3.30. The van der Waals surface area contributed by atoms with E-state index in [0.717, 1.165) is 57.2 Å². The zero-order valence-corrected chi connectivity index (χ0v) is 24.7. The maximum Gasteiger partial charge on any atom is 0.227 e. The van der Waals surface area contributed by atoms with Crippen LogP contribution in [0, 0.1) is 5.82 Å². The molecule has 1 atom stereocenters. The highest BCUT2D eigenvalue weighted by molar-refractivity contribution is 6.31. The molecule has 0 aromatic heterocycles. The number of hydrogen-bond donors (Lipinski definition) is 0. The van der Waals surface area contributed by atoms with Crippen LogP contribution in [-0.4, -0.2) is 86.7 Å². The number of likely N-dealkylation sites (tertiary alicyclic amines) is 1. The number of ether oxygens (including phenoxy) is 2. The summed E-state index contributed by atoms with van der Waals surface area (Å²) in [6.07, 6.45) is 8.60. The van der Waals surface area contributed by atoms with Gasteiger partial charge in [-0.1, -0.05) is 43.0 Å². The first-order valence-electron chi connectivity index (χ1n) is 14.8. The first-order chi connectivity index (χ1) is 19.4. The maximum atomic E-state index is 14.5. The largest absolute Gasteiger partial charge is 0.493 e. The molecule has 3 fully saturated rings. The third-order valence-corrected chi connectivity index (χ3v) is 9.85. The molecule has 0 radical (unpaired) electrons. The summed E-state index contributed by atoms with van der Waals surface area (Å²) in [6.45, 7) is 6.67. The molecule has 2 aromatic carbocycles. The van der Waals surface area contributed by atoms with Gasteiger partial charge >= 0.3 is 0 Å². The number of halogens is 2. The number of carbonyl (C=O) groups is 1. The Hall–Kier alpha value is -2.35. The topological polar surface area (TPSA) is 45.2 Å². The lowest BCUT2D eigenvalue weighted by atomic mass is 9.76. The Morgan fingerprint density at radius 2 is 1.75 bits per heavy atom. The van der Waals surface area contributed by atoms with Crippen molar-refractivity contribution >= 4 is 17.5 Å². The van der Waals surface area contributed by atoms with Crippen LogP contribution in [0.2, 0.25) is 5.02 Å². The fourth-order valence-electron chi connectivity index (χ4n) is 6.97. The fourth-order valence-corrected chi connectivity index (χ4v) is 7.20. The van der Waals surface area contributed by atoms with Gasteiger partial charge in [0.2, 0.25) is 5.91 Å². The third kappa shape index (κ3) is 6.42. The zero-order chi connectivity index (χ0) is 28.1. The van der Waals surface area contributed by atoms with Crippen molar-refractivity contribution in [2.45, 2.75) is 62.8 Å². The number of methoxy groups -OCH3 is 2. The number of rotatable bonds is 9. The lowest BCUT2D eigenvalue weighted by molar-refractivity contribution is -0.129. The van der Waals surface area contributed by atoms with E-state index in [-0.39, 0.29) is 23.3 Å². The molecule has 1 aliphatic carbocycles. The van der Waals surface area contributed by atoms with Gasteiger partial charge in [-0.25, -0.2) is 4.39 Å². The van der Waals surface area contributed by atoms with Crippen molar-refractivity contribution < 1.29 is 18.7 Å². The van der Waals surface area contributed by atoms with Gasteiger partial charge in [-0.2, -0.15) is 0 Å². The van der Waals surface area contributed by atoms with E-state index in [9.17, 15) is 9.18 Å². The molecule has 3 aliphatic rings. The molecule has 2 aliphatic heterocycles. The summed E-state index contributed by atoms with van der Waals surface area (Å²) in [5.41, 5.74) is 1.22. The highest BCUT2D eigenvalue weighted by Crippen LogP contribution is 2.42. The Morgan fingerprint density at radius 1 is 1.00 bits per heavy atom. The standard InChI is InChI=1S/C32H43ClFN3O3/c1-39-29-12-11-24(21-30(29)40-2)32(13-15-35-17-19-36(20-18-35)25-7-4-3-5-8-25)14-16-37(23-32)31(38)22-26-27(33)9-6-10-28(26)34/h6,9-12,21,25H,3-5,7-8,13-20,22-23H2,1-2H3/t32-/m1/s1. The predicted molar refractivity (Wildman–Crippen MR) is 157 cm³/mol. The van der Waals surface area contributed by atoms with E-state index < -0.39 is 5.82 Å². The van der Waals surface area contributed by atoms with Gasteiger partial charge in [0.25, 0.3) is 0 Å². The number of amides is 1. The molecule has 1 saturated carbocycles. The number of benzene rings is 2. The van der Waals surface area contributed by atoms with Crippen LogP contribution in [0.15, 0.2) is 36.4 Å². The van der Waals surface area contributed by atoms with Crippen molar-refractivity contribution in [2.75, 3.05) is 60.0 Å². The molecule has 0 unspecified atom stereocenters. The van der Waals surface area contributed by atoms with Crippen LogP contribution in [0.4, 0.5) is 4.39 Å². The Bertz CT molecular complexity index is 1150. The highest BCUT2D eigenvalue weighted by Gasteiger charge is 2.42. The minimum atomic E-state index is -0.432. The Labute approximate surface area is 243 Å². The zero-order valence-electron chi connectivity index (χ0n) is 24.0. The average Bonchev–Trinajstić information content (AvgIpc) is 3.44. The molecular weight excluding hydrogens is 529 g/mol. The van der Waals surface area contributed by atoms with Gasteiger partial charge in [0.05, 0.1) is 20.6 Å². The van der Waals surface area contributed by atoms with Gasteiger partial charge in [-0.15, -0.1) is 0 Å². The molecule has 5 rings (SSSR count). The van der Waals surface area contributed by atoms with E-state index in [1.165, 1.54) is 38.2 Å². The lowest BCUT2D eigenvalue weighted by Crippen LogP contribution is -2.51. The first kappa shape index (κ1) is 29.2. The van der Waals surface area contributed by atoms with Gasteiger partial charge in [0.15, 0.2) is 11.5 Å². The SMILES string of the molecule is COc1ccc([C@]2(CCN3CCN(C4CCCCC4)CC3)CCN(C(=O)Cc3c(F)cccc3Cl)C2)cc1OC. The molecule has 6 nitrogen and oxygen atoms in total. The normalized spacial score (nSPS) is 22.9. The van der Waals surface area contributed by atoms with Crippen molar-refractivity contribution in [2.24, 2.45) is 0 Å². The van der Waals surface area contributed by atoms with E-state index in [1.807, 2.05) is 11.0 Å². The van der Waals surface area contributed by atoms with Crippen LogP contribution in [0.3, 0.4) is 0 Å². The molecular formula is C32H43ClFN3O3. The van der Waals surface area contributed by atoms with E-state index in [4.69, 9.17) is 21.1 Å². The molecule has 0 N–H and O–H groups in total. The second kappa shape index (κ2) is 13.1. The molecule has 1 amide bonds. The molecule has 8 heteroatoms. The second-order valence-corrected chi connectivity index (χ2v) is 12.1. The third-order valence-electron chi connectivity index (χ3n) is 9.50. The van der Waals surface area contributed by atoms with Gasteiger partial charge in [-0.05, 0) is 62.1 Å². The van der Waals surface area contributed by atoms with E-state index in [2.05, 4.69) is 21.9 Å². The quantitative estimate of drug-likeness (QED) is 0.395. The fraction of sp³-hybridized carbons (Fsp3) is 0.594. The predicted octanol–water partition coefficient (Wildman–Crippen LogP) is 5.55. The molecule has 218 valence electrons. The van der Waals surface area contributed by atoms with E-state index in [0.29, 0.717) is 29.6 Å². The average molecular weight is 572 g/mol. The van der Waals surface area contributed by atoms with E-state index >= 15 is 0 Å². The maximum absolute atomic E-state index is 14.5.